The zero-order valence-electron chi connectivity index (χ0n) is 9.14. The first-order valence-electron chi connectivity index (χ1n) is 5.05. The molecule has 0 radical (unpaired) electrons. The van der Waals surface area contributed by atoms with E-state index in [1.807, 2.05) is 43.3 Å². The van der Waals surface area contributed by atoms with Crippen molar-refractivity contribution in [1.29, 1.82) is 0 Å². The highest BCUT2D eigenvalue weighted by Crippen LogP contribution is 2.15. The number of nitrogens with zero attached hydrogens (tertiary/aromatic N) is 2. The molecule has 1 aromatic heterocycles. The van der Waals surface area contributed by atoms with Gasteiger partial charge < -0.3 is 0 Å². The molecule has 0 unspecified atom stereocenters. The number of hydrogen-bond acceptors (Lipinski definition) is 2. The Hall–Kier alpha value is -2.18. The van der Waals surface area contributed by atoms with Crippen molar-refractivity contribution in [2.24, 2.45) is 0 Å². The minimum atomic E-state index is 0.758. The van der Waals surface area contributed by atoms with Crippen molar-refractivity contribution in [3.05, 3.63) is 60.1 Å². The summed E-state index contributed by atoms with van der Waals surface area (Å²) in [4.78, 5) is 8.61. The van der Waals surface area contributed by atoms with Crippen molar-refractivity contribution >= 4 is 6.08 Å². The first kappa shape index (κ1) is 10.3. The highest BCUT2D eigenvalue weighted by atomic mass is 14.9. The molecule has 0 aliphatic rings. The molecule has 0 amide bonds. The lowest BCUT2D eigenvalue weighted by Crippen LogP contribution is -1.90. The van der Waals surface area contributed by atoms with E-state index in [9.17, 15) is 0 Å². The molecule has 0 aliphatic carbocycles. The molecule has 0 saturated heterocycles. The van der Waals surface area contributed by atoms with E-state index < -0.39 is 0 Å². The van der Waals surface area contributed by atoms with Gasteiger partial charge in [0.2, 0.25) is 0 Å². The minimum Gasteiger partial charge on any atom is -0.237 e. The van der Waals surface area contributed by atoms with Gasteiger partial charge in [-0.25, -0.2) is 9.97 Å². The molecular formula is C14H12N2. The van der Waals surface area contributed by atoms with E-state index in [1.54, 1.807) is 6.20 Å². The Labute approximate surface area is 95.0 Å². The molecule has 2 heteroatoms. The lowest BCUT2D eigenvalue weighted by atomic mass is 10.1. The zero-order valence-corrected chi connectivity index (χ0v) is 9.14. The van der Waals surface area contributed by atoms with E-state index in [0.29, 0.717) is 0 Å². The summed E-state index contributed by atoms with van der Waals surface area (Å²) in [5, 5.41) is 0. The Morgan fingerprint density at radius 3 is 2.56 bits per heavy atom. The van der Waals surface area contributed by atoms with Crippen molar-refractivity contribution in [1.82, 2.24) is 9.97 Å². The standard InChI is InChI=1S/C14H12N2/c1-3-4-12-5-7-13(8-6-12)14-15-10-9-11(2)16-14/h4-10H,1H2,2H3. The molecule has 2 rings (SSSR count). The fraction of sp³-hybridized carbons (Fsp3) is 0.0714. The lowest BCUT2D eigenvalue weighted by Gasteiger charge is -2.01. The monoisotopic (exact) mass is 208 g/mol. The van der Waals surface area contributed by atoms with Gasteiger partial charge in [-0.1, -0.05) is 30.8 Å². The Kier molecular flexibility index (Phi) is 2.95. The molecule has 0 aliphatic heterocycles. The third-order valence-electron chi connectivity index (χ3n) is 2.23. The average Bonchev–Trinajstić information content (AvgIpc) is 2.30. The molecule has 2 nitrogen and oxygen atoms in total. The van der Waals surface area contributed by atoms with E-state index in [-0.39, 0.29) is 0 Å². The summed E-state index contributed by atoms with van der Waals surface area (Å²) in [7, 11) is 0. The van der Waals surface area contributed by atoms with Crippen LogP contribution in [0.3, 0.4) is 0 Å². The third kappa shape index (κ3) is 2.25. The molecule has 1 aromatic carbocycles. The van der Waals surface area contributed by atoms with Crippen LogP contribution in [0.1, 0.15) is 11.3 Å². The van der Waals surface area contributed by atoms with Gasteiger partial charge in [-0.05, 0) is 24.6 Å². The predicted molar refractivity (Wildman–Crippen MR) is 65.8 cm³/mol. The maximum absolute atomic E-state index is 4.37. The highest BCUT2D eigenvalue weighted by Gasteiger charge is 1.99. The number of aryl methyl sites for hydroxylation is 1. The summed E-state index contributed by atoms with van der Waals surface area (Å²) in [5.41, 5.74) is 5.81. The quantitative estimate of drug-likeness (QED) is 0.708. The second kappa shape index (κ2) is 4.56. The van der Waals surface area contributed by atoms with Crippen molar-refractivity contribution in [2.45, 2.75) is 6.92 Å². The summed E-state index contributed by atoms with van der Waals surface area (Å²) < 4.78 is 0. The molecule has 16 heavy (non-hydrogen) atoms. The normalized spacial score (nSPS) is 9.56. The second-order valence-corrected chi connectivity index (χ2v) is 3.49. The fourth-order valence-electron chi connectivity index (χ4n) is 1.43. The largest absolute Gasteiger partial charge is 0.237 e. The number of benzene rings is 1. The summed E-state index contributed by atoms with van der Waals surface area (Å²) in [5.74, 6) is 0.758. The van der Waals surface area contributed by atoms with Crippen molar-refractivity contribution in [3.8, 4) is 11.4 Å². The van der Waals surface area contributed by atoms with Crippen molar-refractivity contribution in [2.75, 3.05) is 0 Å². The van der Waals surface area contributed by atoms with Crippen LogP contribution in [0.5, 0.6) is 0 Å². The first-order valence-corrected chi connectivity index (χ1v) is 5.05. The zero-order chi connectivity index (χ0) is 11.4. The Morgan fingerprint density at radius 2 is 1.94 bits per heavy atom. The van der Waals surface area contributed by atoms with Crippen LogP contribution in [0.25, 0.3) is 17.5 Å². The maximum atomic E-state index is 4.37. The Balaban J connectivity index is 2.38. The van der Waals surface area contributed by atoms with E-state index in [1.165, 1.54) is 0 Å². The molecule has 0 spiro atoms. The van der Waals surface area contributed by atoms with E-state index in [2.05, 4.69) is 22.3 Å². The van der Waals surface area contributed by atoms with Gasteiger partial charge in [-0.15, -0.1) is 5.73 Å². The van der Waals surface area contributed by atoms with E-state index in [0.717, 1.165) is 22.6 Å². The molecule has 2 aromatic rings. The third-order valence-corrected chi connectivity index (χ3v) is 2.23. The lowest BCUT2D eigenvalue weighted by molar-refractivity contribution is 1.11. The highest BCUT2D eigenvalue weighted by molar-refractivity contribution is 5.59. The number of aromatic nitrogens is 2. The summed E-state index contributed by atoms with van der Waals surface area (Å²) in [6.07, 6.45) is 3.61. The number of hydrogen-bond donors (Lipinski definition) is 0. The SMILES string of the molecule is C=C=Cc1ccc(-c2nccc(C)n2)cc1. The molecule has 1 heterocycles. The fourth-order valence-corrected chi connectivity index (χ4v) is 1.43. The van der Waals surface area contributed by atoms with Crippen LogP contribution in [0.2, 0.25) is 0 Å². The topological polar surface area (TPSA) is 25.8 Å². The van der Waals surface area contributed by atoms with Crippen molar-refractivity contribution < 1.29 is 0 Å². The van der Waals surface area contributed by atoms with Crippen LogP contribution in [-0.4, -0.2) is 9.97 Å². The molecule has 0 N–H and O–H groups in total. The minimum absolute atomic E-state index is 0.758. The second-order valence-electron chi connectivity index (χ2n) is 3.49. The van der Waals surface area contributed by atoms with Gasteiger partial charge in [-0.2, -0.15) is 0 Å². The average molecular weight is 208 g/mol. The van der Waals surface area contributed by atoms with Crippen LogP contribution in [0, 0.1) is 6.92 Å². The van der Waals surface area contributed by atoms with Gasteiger partial charge in [0.1, 0.15) is 0 Å². The summed E-state index contributed by atoms with van der Waals surface area (Å²) in [6, 6.07) is 9.88. The van der Waals surface area contributed by atoms with Gasteiger partial charge in [0.25, 0.3) is 0 Å². The maximum Gasteiger partial charge on any atom is 0.159 e. The predicted octanol–water partition coefficient (Wildman–Crippen LogP) is 3.25. The number of rotatable bonds is 2. The Morgan fingerprint density at radius 1 is 1.19 bits per heavy atom. The molecule has 0 atom stereocenters. The van der Waals surface area contributed by atoms with Crippen LogP contribution >= 0.6 is 0 Å². The van der Waals surface area contributed by atoms with Crippen LogP contribution < -0.4 is 0 Å². The molecule has 0 saturated carbocycles. The smallest absolute Gasteiger partial charge is 0.159 e. The molecule has 0 bridgehead atoms. The van der Waals surface area contributed by atoms with Crippen LogP contribution in [0.15, 0.2) is 48.8 Å². The van der Waals surface area contributed by atoms with Gasteiger partial charge in [0.05, 0.1) is 0 Å². The van der Waals surface area contributed by atoms with Crippen LogP contribution in [-0.2, 0) is 0 Å². The van der Waals surface area contributed by atoms with Crippen LogP contribution in [0.4, 0.5) is 0 Å². The molecule has 78 valence electrons. The summed E-state index contributed by atoms with van der Waals surface area (Å²) >= 11 is 0. The molecular weight excluding hydrogens is 196 g/mol. The van der Waals surface area contributed by atoms with Crippen molar-refractivity contribution in [3.63, 3.8) is 0 Å². The van der Waals surface area contributed by atoms with Gasteiger partial charge >= 0.3 is 0 Å². The van der Waals surface area contributed by atoms with E-state index >= 15 is 0 Å². The first-order chi connectivity index (χ1) is 7.79. The summed E-state index contributed by atoms with van der Waals surface area (Å²) in [6.45, 7) is 5.50. The van der Waals surface area contributed by atoms with Gasteiger partial charge in [-0.3, -0.25) is 0 Å². The van der Waals surface area contributed by atoms with Gasteiger partial charge in [0.15, 0.2) is 5.82 Å². The van der Waals surface area contributed by atoms with E-state index in [4.69, 9.17) is 0 Å². The Bertz CT molecular complexity index is 535. The van der Waals surface area contributed by atoms with Gasteiger partial charge in [0, 0.05) is 17.5 Å². The molecule has 0 fully saturated rings.